The summed E-state index contributed by atoms with van der Waals surface area (Å²) in [6.45, 7) is 3.85. The molecule has 102 valence electrons. The Morgan fingerprint density at radius 3 is 2.95 bits per heavy atom. The molecule has 19 heavy (non-hydrogen) atoms. The molecule has 2 rings (SSSR count). The lowest BCUT2D eigenvalue weighted by Gasteiger charge is -2.02. The molecule has 0 amide bonds. The van der Waals surface area contributed by atoms with Crippen LogP contribution in [0.3, 0.4) is 0 Å². The minimum absolute atomic E-state index is 0.237. The molecule has 6 heteroatoms. The van der Waals surface area contributed by atoms with Crippen LogP contribution >= 0.6 is 11.6 Å². The summed E-state index contributed by atoms with van der Waals surface area (Å²) in [6, 6.07) is 7.18. The van der Waals surface area contributed by atoms with Gasteiger partial charge in [0.25, 0.3) is 5.89 Å². The third-order valence-electron chi connectivity index (χ3n) is 2.37. The summed E-state index contributed by atoms with van der Waals surface area (Å²) in [6.07, 6.45) is 1.07. The van der Waals surface area contributed by atoms with E-state index in [9.17, 15) is 0 Å². The van der Waals surface area contributed by atoms with Crippen molar-refractivity contribution in [3.05, 3.63) is 41.1 Å². The second-order valence-electron chi connectivity index (χ2n) is 4.01. The van der Waals surface area contributed by atoms with Gasteiger partial charge in [0, 0.05) is 5.02 Å². The number of halogens is 1. The highest BCUT2D eigenvalue weighted by Crippen LogP contribution is 2.18. The normalized spacial score (nSPS) is 10.6. The molecule has 1 N–H and O–H groups in total. The van der Waals surface area contributed by atoms with Crippen LogP contribution in [0.25, 0.3) is 0 Å². The molecule has 0 bridgehead atoms. The van der Waals surface area contributed by atoms with E-state index in [1.54, 1.807) is 12.1 Å². The van der Waals surface area contributed by atoms with Crippen molar-refractivity contribution in [1.82, 2.24) is 15.5 Å². The van der Waals surface area contributed by atoms with Crippen LogP contribution in [0, 0.1) is 0 Å². The maximum absolute atomic E-state index is 5.86. The molecule has 1 aromatic heterocycles. The Kier molecular flexibility index (Phi) is 5.18. The average Bonchev–Trinajstić information content (AvgIpc) is 2.85. The minimum Gasteiger partial charge on any atom is -0.484 e. The van der Waals surface area contributed by atoms with E-state index >= 15 is 0 Å². The van der Waals surface area contributed by atoms with Crippen LogP contribution in [-0.2, 0) is 13.2 Å². The minimum atomic E-state index is 0.237. The lowest BCUT2D eigenvalue weighted by molar-refractivity contribution is 0.258. The quantitative estimate of drug-likeness (QED) is 0.791. The van der Waals surface area contributed by atoms with Gasteiger partial charge in [0.15, 0.2) is 6.61 Å². The highest BCUT2D eigenvalue weighted by Gasteiger charge is 2.06. The summed E-state index contributed by atoms with van der Waals surface area (Å²) in [7, 11) is 0. The smallest absolute Gasteiger partial charge is 0.253 e. The molecule has 5 nitrogen and oxygen atoms in total. The third kappa shape index (κ3) is 4.54. The van der Waals surface area contributed by atoms with Crippen molar-refractivity contribution in [2.45, 2.75) is 26.5 Å². The van der Waals surface area contributed by atoms with Crippen molar-refractivity contribution in [2.24, 2.45) is 0 Å². The summed E-state index contributed by atoms with van der Waals surface area (Å²) in [5, 5.41) is 11.7. The molecule has 0 saturated carbocycles. The van der Waals surface area contributed by atoms with Crippen LogP contribution in [0.15, 0.2) is 28.7 Å². The Hall–Kier alpha value is -1.59. The molecule has 0 radical (unpaired) electrons. The second kappa shape index (κ2) is 7.11. The Labute approximate surface area is 116 Å². The van der Waals surface area contributed by atoms with E-state index in [0.29, 0.717) is 29.1 Å². The highest BCUT2D eigenvalue weighted by molar-refractivity contribution is 6.30. The average molecular weight is 282 g/mol. The SMILES string of the molecule is CCCNCc1nnc(COc2cccc(Cl)c2)o1. The number of aromatic nitrogens is 2. The fourth-order valence-corrected chi connectivity index (χ4v) is 1.67. The monoisotopic (exact) mass is 281 g/mol. The van der Waals surface area contributed by atoms with E-state index in [-0.39, 0.29) is 6.61 Å². The van der Waals surface area contributed by atoms with Crippen LogP contribution in [-0.4, -0.2) is 16.7 Å². The van der Waals surface area contributed by atoms with Crippen LogP contribution in [0.5, 0.6) is 5.75 Å². The summed E-state index contributed by atoms with van der Waals surface area (Å²) in [5.74, 6) is 1.70. The van der Waals surface area contributed by atoms with Crippen molar-refractivity contribution in [3.8, 4) is 5.75 Å². The van der Waals surface area contributed by atoms with E-state index in [2.05, 4.69) is 22.4 Å². The van der Waals surface area contributed by atoms with Crippen molar-refractivity contribution < 1.29 is 9.15 Å². The van der Waals surface area contributed by atoms with Gasteiger partial charge in [0.05, 0.1) is 6.54 Å². The van der Waals surface area contributed by atoms with Gasteiger partial charge in [-0.1, -0.05) is 24.6 Å². The van der Waals surface area contributed by atoms with E-state index in [0.717, 1.165) is 13.0 Å². The zero-order chi connectivity index (χ0) is 13.5. The summed E-state index contributed by atoms with van der Waals surface area (Å²) < 4.78 is 11.0. The number of hydrogen-bond acceptors (Lipinski definition) is 5. The van der Waals surface area contributed by atoms with Crippen molar-refractivity contribution >= 4 is 11.6 Å². The second-order valence-corrected chi connectivity index (χ2v) is 4.45. The van der Waals surface area contributed by atoms with Gasteiger partial charge in [-0.15, -0.1) is 10.2 Å². The summed E-state index contributed by atoms with van der Waals surface area (Å²) in [4.78, 5) is 0. The number of nitrogens with one attached hydrogen (secondary N) is 1. The molecule has 0 saturated heterocycles. The standard InChI is InChI=1S/C13H16ClN3O2/c1-2-6-15-8-12-16-17-13(19-12)9-18-11-5-3-4-10(14)7-11/h3-5,7,15H,2,6,8-9H2,1H3. The van der Waals surface area contributed by atoms with E-state index in [1.165, 1.54) is 0 Å². The number of benzene rings is 1. The van der Waals surface area contributed by atoms with E-state index in [4.69, 9.17) is 20.8 Å². The first-order chi connectivity index (χ1) is 9.28. The molecule has 0 atom stereocenters. The Balaban J connectivity index is 1.83. The molecule has 0 spiro atoms. The molecule has 0 aliphatic carbocycles. The van der Waals surface area contributed by atoms with Crippen LogP contribution in [0.4, 0.5) is 0 Å². The lowest BCUT2D eigenvalue weighted by Crippen LogP contribution is -2.13. The molecule has 2 aromatic rings. The topological polar surface area (TPSA) is 60.2 Å². The Morgan fingerprint density at radius 2 is 2.16 bits per heavy atom. The highest BCUT2D eigenvalue weighted by atomic mass is 35.5. The summed E-state index contributed by atoms with van der Waals surface area (Å²) >= 11 is 5.86. The van der Waals surface area contributed by atoms with Gasteiger partial charge in [0.2, 0.25) is 5.89 Å². The molecule has 0 unspecified atom stereocenters. The van der Waals surface area contributed by atoms with Crippen LogP contribution in [0.2, 0.25) is 5.02 Å². The summed E-state index contributed by atoms with van der Waals surface area (Å²) in [5.41, 5.74) is 0. The molecule has 1 heterocycles. The van der Waals surface area contributed by atoms with Gasteiger partial charge < -0.3 is 14.5 Å². The molecule has 0 aliphatic rings. The molecular weight excluding hydrogens is 266 g/mol. The molecule has 0 fully saturated rings. The van der Waals surface area contributed by atoms with Gasteiger partial charge in [-0.05, 0) is 31.2 Å². The Bertz CT molecular complexity index is 516. The van der Waals surface area contributed by atoms with Gasteiger partial charge >= 0.3 is 0 Å². The first-order valence-electron chi connectivity index (χ1n) is 6.18. The van der Waals surface area contributed by atoms with Gasteiger partial charge in [-0.3, -0.25) is 0 Å². The maximum Gasteiger partial charge on any atom is 0.253 e. The zero-order valence-electron chi connectivity index (χ0n) is 10.7. The number of rotatable bonds is 7. The number of nitrogens with zero attached hydrogens (tertiary/aromatic N) is 2. The largest absolute Gasteiger partial charge is 0.484 e. The van der Waals surface area contributed by atoms with Crippen molar-refractivity contribution in [2.75, 3.05) is 6.54 Å². The van der Waals surface area contributed by atoms with E-state index in [1.807, 2.05) is 12.1 Å². The van der Waals surface area contributed by atoms with Crippen molar-refractivity contribution in [1.29, 1.82) is 0 Å². The fraction of sp³-hybridized carbons (Fsp3) is 0.385. The van der Waals surface area contributed by atoms with Crippen LogP contribution in [0.1, 0.15) is 25.1 Å². The first-order valence-corrected chi connectivity index (χ1v) is 6.56. The zero-order valence-corrected chi connectivity index (χ0v) is 11.5. The van der Waals surface area contributed by atoms with Gasteiger partial charge in [-0.2, -0.15) is 0 Å². The van der Waals surface area contributed by atoms with Crippen molar-refractivity contribution in [3.63, 3.8) is 0 Å². The van der Waals surface area contributed by atoms with E-state index < -0.39 is 0 Å². The lowest BCUT2D eigenvalue weighted by atomic mass is 10.3. The predicted octanol–water partition coefficient (Wildman–Crippen LogP) is 2.80. The third-order valence-corrected chi connectivity index (χ3v) is 2.61. The first kappa shape index (κ1) is 13.8. The number of ether oxygens (including phenoxy) is 1. The molecular formula is C13H16ClN3O2. The Morgan fingerprint density at radius 1 is 1.32 bits per heavy atom. The van der Waals surface area contributed by atoms with Gasteiger partial charge in [0.1, 0.15) is 5.75 Å². The predicted molar refractivity (Wildman–Crippen MR) is 72.1 cm³/mol. The van der Waals surface area contributed by atoms with Gasteiger partial charge in [-0.25, -0.2) is 0 Å². The molecule has 1 aromatic carbocycles. The number of hydrogen-bond donors (Lipinski definition) is 1. The molecule has 0 aliphatic heterocycles. The fourth-order valence-electron chi connectivity index (χ4n) is 1.49. The maximum atomic E-state index is 5.86. The van der Waals surface area contributed by atoms with Crippen LogP contribution < -0.4 is 10.1 Å².